The molecule has 1 aliphatic carbocycles. The largest absolute Gasteiger partial charge is 0.335 e. The van der Waals surface area contributed by atoms with Gasteiger partial charge in [0.25, 0.3) is 5.91 Å². The standard InChI is InChI=1S/C16H22ClN3O2/c1-11(12-5-4-6-13(17)9-12)18-10-15(21)20-16(22)19-14-7-2-3-8-14/h4-6,9,11,14,18H,2-3,7-8,10H2,1H3,(H2,19,20,21,22)/p+1/t11-/m0/s1. The summed E-state index contributed by atoms with van der Waals surface area (Å²) in [4.78, 5) is 23.5. The first-order chi connectivity index (χ1) is 10.5. The van der Waals surface area contributed by atoms with Crippen molar-refractivity contribution in [3.05, 3.63) is 34.9 Å². The number of nitrogens with two attached hydrogens (primary N) is 1. The molecule has 1 atom stereocenters. The minimum atomic E-state index is -0.388. The summed E-state index contributed by atoms with van der Waals surface area (Å²) in [5.74, 6) is -0.288. The summed E-state index contributed by atoms with van der Waals surface area (Å²) in [5.41, 5.74) is 1.05. The zero-order valence-electron chi connectivity index (χ0n) is 12.8. The maximum Gasteiger partial charge on any atom is 0.321 e. The van der Waals surface area contributed by atoms with Crippen molar-refractivity contribution in [2.24, 2.45) is 0 Å². The van der Waals surface area contributed by atoms with Gasteiger partial charge in [-0.15, -0.1) is 0 Å². The van der Waals surface area contributed by atoms with E-state index in [9.17, 15) is 9.59 Å². The van der Waals surface area contributed by atoms with E-state index < -0.39 is 0 Å². The third-order valence-electron chi connectivity index (χ3n) is 3.97. The topological polar surface area (TPSA) is 74.8 Å². The lowest BCUT2D eigenvalue weighted by atomic mass is 10.1. The van der Waals surface area contributed by atoms with E-state index in [4.69, 9.17) is 11.6 Å². The van der Waals surface area contributed by atoms with Crippen molar-refractivity contribution in [1.82, 2.24) is 10.6 Å². The number of rotatable bonds is 5. The smallest absolute Gasteiger partial charge is 0.321 e. The Kier molecular flexibility index (Phi) is 6.21. The third kappa shape index (κ3) is 5.31. The van der Waals surface area contributed by atoms with Gasteiger partial charge in [-0.05, 0) is 31.9 Å². The van der Waals surface area contributed by atoms with E-state index in [0.29, 0.717) is 5.02 Å². The Bertz CT molecular complexity index is 530. The summed E-state index contributed by atoms with van der Waals surface area (Å²) in [6.45, 7) is 2.20. The highest BCUT2D eigenvalue weighted by atomic mass is 35.5. The fraction of sp³-hybridized carbons (Fsp3) is 0.500. The number of imide groups is 1. The van der Waals surface area contributed by atoms with Crippen LogP contribution < -0.4 is 16.0 Å². The third-order valence-corrected chi connectivity index (χ3v) is 4.21. The minimum Gasteiger partial charge on any atom is -0.335 e. The minimum absolute atomic E-state index is 0.0994. The van der Waals surface area contributed by atoms with Gasteiger partial charge in [-0.2, -0.15) is 0 Å². The molecule has 0 aromatic heterocycles. The Hall–Kier alpha value is -1.59. The van der Waals surface area contributed by atoms with Gasteiger partial charge in [0, 0.05) is 16.6 Å². The Morgan fingerprint density at radius 2 is 2.09 bits per heavy atom. The fourth-order valence-electron chi connectivity index (χ4n) is 2.68. The fourth-order valence-corrected chi connectivity index (χ4v) is 2.88. The molecule has 5 nitrogen and oxygen atoms in total. The number of carbonyl (C=O) groups excluding carboxylic acids is 2. The maximum atomic E-state index is 11.8. The predicted octanol–water partition coefficient (Wildman–Crippen LogP) is 1.73. The first-order valence-electron chi connectivity index (χ1n) is 7.73. The average molecular weight is 325 g/mol. The summed E-state index contributed by atoms with van der Waals surface area (Å²) >= 11 is 5.96. The van der Waals surface area contributed by atoms with Crippen molar-refractivity contribution in [3.63, 3.8) is 0 Å². The summed E-state index contributed by atoms with van der Waals surface area (Å²) in [7, 11) is 0. The molecule has 0 saturated heterocycles. The van der Waals surface area contributed by atoms with Gasteiger partial charge in [0.05, 0.1) is 0 Å². The van der Waals surface area contributed by atoms with Crippen LogP contribution in [0.4, 0.5) is 4.79 Å². The normalized spacial score (nSPS) is 16.3. The van der Waals surface area contributed by atoms with Gasteiger partial charge in [-0.1, -0.05) is 36.6 Å². The Morgan fingerprint density at radius 3 is 2.77 bits per heavy atom. The van der Waals surface area contributed by atoms with Gasteiger partial charge in [-0.3, -0.25) is 10.1 Å². The Balaban J connectivity index is 1.71. The molecule has 1 aromatic rings. The zero-order chi connectivity index (χ0) is 15.9. The molecule has 1 aliphatic rings. The zero-order valence-corrected chi connectivity index (χ0v) is 13.5. The molecule has 0 unspecified atom stereocenters. The predicted molar refractivity (Wildman–Crippen MR) is 85.6 cm³/mol. The second-order valence-corrected chi connectivity index (χ2v) is 6.22. The quantitative estimate of drug-likeness (QED) is 0.771. The van der Waals surface area contributed by atoms with Gasteiger partial charge in [0.15, 0.2) is 6.54 Å². The van der Waals surface area contributed by atoms with Gasteiger partial charge in [-0.25, -0.2) is 4.79 Å². The number of halogens is 1. The van der Waals surface area contributed by atoms with E-state index in [2.05, 4.69) is 10.6 Å². The summed E-state index contributed by atoms with van der Waals surface area (Å²) in [5, 5.41) is 7.77. The molecule has 2 rings (SSSR count). The second kappa shape index (κ2) is 8.15. The molecule has 6 heteroatoms. The number of nitrogens with one attached hydrogen (secondary N) is 2. The van der Waals surface area contributed by atoms with Crippen LogP contribution in [0, 0.1) is 0 Å². The summed E-state index contributed by atoms with van der Waals surface area (Å²) in [6, 6.07) is 7.48. The van der Waals surface area contributed by atoms with E-state index in [-0.39, 0.29) is 30.6 Å². The molecule has 0 heterocycles. The molecule has 1 fully saturated rings. The maximum absolute atomic E-state index is 11.8. The van der Waals surface area contributed by atoms with Crippen LogP contribution in [0.25, 0.3) is 0 Å². The lowest BCUT2D eigenvalue weighted by Gasteiger charge is -2.13. The van der Waals surface area contributed by atoms with E-state index in [1.807, 2.05) is 36.5 Å². The molecule has 0 spiro atoms. The van der Waals surface area contributed by atoms with Crippen LogP contribution in [0.15, 0.2) is 24.3 Å². The van der Waals surface area contributed by atoms with Crippen molar-refractivity contribution < 1.29 is 14.9 Å². The van der Waals surface area contributed by atoms with Gasteiger partial charge < -0.3 is 10.6 Å². The summed E-state index contributed by atoms with van der Waals surface area (Å²) in [6.07, 6.45) is 4.28. The number of amides is 3. The molecule has 0 bridgehead atoms. The van der Waals surface area contributed by atoms with Crippen molar-refractivity contribution in [2.45, 2.75) is 44.7 Å². The van der Waals surface area contributed by atoms with E-state index in [1.54, 1.807) is 0 Å². The SMILES string of the molecule is C[C@H]([NH2+]CC(=O)NC(=O)NC1CCCC1)c1cccc(Cl)c1. The molecule has 22 heavy (non-hydrogen) atoms. The summed E-state index contributed by atoms with van der Waals surface area (Å²) < 4.78 is 0. The highest BCUT2D eigenvalue weighted by molar-refractivity contribution is 6.30. The first kappa shape index (κ1) is 16.8. The number of hydrogen-bond donors (Lipinski definition) is 3. The van der Waals surface area contributed by atoms with Crippen LogP contribution in [-0.2, 0) is 4.79 Å². The van der Waals surface area contributed by atoms with Crippen LogP contribution in [0.1, 0.15) is 44.2 Å². The molecule has 1 aromatic carbocycles. The van der Waals surface area contributed by atoms with Crippen molar-refractivity contribution >= 4 is 23.5 Å². The lowest BCUT2D eigenvalue weighted by Crippen LogP contribution is -2.87. The molecule has 3 amide bonds. The molecule has 0 aliphatic heterocycles. The average Bonchev–Trinajstić information content (AvgIpc) is 2.97. The number of quaternary nitrogens is 1. The van der Waals surface area contributed by atoms with Gasteiger partial charge >= 0.3 is 6.03 Å². The van der Waals surface area contributed by atoms with Crippen LogP contribution in [-0.4, -0.2) is 24.5 Å². The van der Waals surface area contributed by atoms with E-state index in [1.165, 1.54) is 0 Å². The van der Waals surface area contributed by atoms with Crippen molar-refractivity contribution in [2.75, 3.05) is 6.54 Å². The molecular formula is C16H23ClN3O2+. The van der Waals surface area contributed by atoms with Gasteiger partial charge in [0.2, 0.25) is 0 Å². The number of hydrogen-bond acceptors (Lipinski definition) is 2. The second-order valence-electron chi connectivity index (χ2n) is 5.79. The monoisotopic (exact) mass is 324 g/mol. The molecule has 120 valence electrons. The van der Waals surface area contributed by atoms with Crippen LogP contribution in [0.2, 0.25) is 5.02 Å². The first-order valence-corrected chi connectivity index (χ1v) is 8.11. The van der Waals surface area contributed by atoms with Gasteiger partial charge in [0.1, 0.15) is 6.04 Å². The number of urea groups is 1. The van der Waals surface area contributed by atoms with Crippen molar-refractivity contribution in [3.8, 4) is 0 Å². The van der Waals surface area contributed by atoms with Crippen LogP contribution in [0.3, 0.4) is 0 Å². The Morgan fingerprint density at radius 1 is 1.36 bits per heavy atom. The van der Waals surface area contributed by atoms with E-state index in [0.717, 1.165) is 31.2 Å². The van der Waals surface area contributed by atoms with Crippen molar-refractivity contribution in [1.29, 1.82) is 0 Å². The van der Waals surface area contributed by atoms with Crippen LogP contribution in [0.5, 0.6) is 0 Å². The molecular weight excluding hydrogens is 302 g/mol. The highest BCUT2D eigenvalue weighted by Crippen LogP contribution is 2.17. The Labute approximate surface area is 135 Å². The molecule has 1 saturated carbocycles. The van der Waals surface area contributed by atoms with E-state index >= 15 is 0 Å². The lowest BCUT2D eigenvalue weighted by molar-refractivity contribution is -0.682. The highest BCUT2D eigenvalue weighted by Gasteiger charge is 2.19. The number of benzene rings is 1. The molecule has 4 N–H and O–H groups in total. The van der Waals surface area contributed by atoms with Crippen LogP contribution >= 0.6 is 11.6 Å². The molecule has 0 radical (unpaired) electrons. The number of carbonyl (C=O) groups is 2.